The van der Waals surface area contributed by atoms with E-state index in [1.54, 1.807) is 0 Å². The van der Waals surface area contributed by atoms with Gasteiger partial charge in [0.25, 0.3) is 0 Å². The highest BCUT2D eigenvalue weighted by Crippen LogP contribution is 2.53. The van der Waals surface area contributed by atoms with Crippen LogP contribution in [0.25, 0.3) is 33.7 Å². The monoisotopic (exact) mass is 870 g/mol. The lowest BCUT2D eigenvalue weighted by Crippen LogP contribution is -2.21. The first kappa shape index (κ1) is 45.7. The van der Waals surface area contributed by atoms with E-state index in [4.69, 9.17) is 24.0 Å². The van der Waals surface area contributed by atoms with E-state index in [-0.39, 0.29) is 11.4 Å². The van der Waals surface area contributed by atoms with Gasteiger partial charge in [0.15, 0.2) is 5.75 Å². The van der Waals surface area contributed by atoms with Crippen LogP contribution in [0.15, 0.2) is 122 Å². The third-order valence-corrected chi connectivity index (χ3v) is 13.5. The van der Waals surface area contributed by atoms with Crippen LogP contribution >= 0.6 is 0 Å². The van der Waals surface area contributed by atoms with Crippen molar-refractivity contribution in [1.82, 2.24) is 0 Å². The van der Waals surface area contributed by atoms with Gasteiger partial charge in [-0.15, -0.1) is 0 Å². The minimum absolute atomic E-state index is 0.181. The van der Waals surface area contributed by atoms with E-state index in [2.05, 4.69) is 92.7 Å². The number of ether oxygens (including phenoxy) is 3. The van der Waals surface area contributed by atoms with Crippen molar-refractivity contribution in [3.05, 3.63) is 160 Å². The number of unbranched alkanes of at least 4 members (excludes halogenated alkanes) is 10. The quantitative estimate of drug-likeness (QED) is 0.0198. The molecular formula is C59H66O6. The largest absolute Gasteiger partial charge is 0.493 e. The number of hydrogen-bond donors (Lipinski definition) is 0. The van der Waals surface area contributed by atoms with Crippen LogP contribution in [-0.4, -0.2) is 25.8 Å². The Labute approximate surface area is 386 Å². The van der Waals surface area contributed by atoms with Crippen molar-refractivity contribution in [2.24, 2.45) is 0 Å². The fourth-order valence-electron chi connectivity index (χ4n) is 9.96. The van der Waals surface area contributed by atoms with Gasteiger partial charge < -0.3 is 19.1 Å². The van der Waals surface area contributed by atoms with E-state index in [1.807, 2.05) is 48.6 Å². The predicted octanol–water partition coefficient (Wildman–Crippen LogP) is 15.5. The third kappa shape index (κ3) is 11.2. The summed E-state index contributed by atoms with van der Waals surface area (Å²) in [6, 6.07) is 37.3. The first-order valence-corrected chi connectivity index (χ1v) is 24.5. The van der Waals surface area contributed by atoms with Crippen LogP contribution in [0.1, 0.15) is 147 Å². The maximum Gasteiger partial charge on any atom is 0.342 e. The normalized spacial score (nSPS) is 15.4. The first-order chi connectivity index (χ1) is 32.1. The molecule has 0 radical (unpaired) electrons. The Morgan fingerprint density at radius 2 is 1.11 bits per heavy atom. The molecule has 6 heteroatoms. The van der Waals surface area contributed by atoms with Crippen molar-refractivity contribution >= 4 is 39.7 Å². The molecule has 0 saturated carbocycles. The SMILES string of the molecule is CCCCCCCCOc1ccc(C=CCOOc2ccc3c(c2)C2(CC3)CCc3ccc(C(=O)OC=Cc4ccc(OCCCCCCCC)c5ccccc45)cc32)c2ccccc12. The summed E-state index contributed by atoms with van der Waals surface area (Å²) >= 11 is 0. The van der Waals surface area contributed by atoms with Gasteiger partial charge in [0.05, 0.1) is 25.0 Å². The Kier molecular flexibility index (Phi) is 16.1. The van der Waals surface area contributed by atoms with Gasteiger partial charge >= 0.3 is 5.97 Å². The van der Waals surface area contributed by atoms with Crippen LogP contribution in [0.2, 0.25) is 0 Å². The summed E-state index contributed by atoms with van der Waals surface area (Å²) in [4.78, 5) is 25.2. The van der Waals surface area contributed by atoms with Gasteiger partial charge in [-0.2, -0.15) is 4.89 Å². The molecule has 2 aliphatic carbocycles. The molecule has 1 spiro atoms. The lowest BCUT2D eigenvalue weighted by molar-refractivity contribution is -0.195. The Morgan fingerprint density at radius 1 is 0.569 bits per heavy atom. The standard InChI is InChI=1S/C59H66O6/c1-3-5-7-9-11-17-38-61-56-31-28-44(50-21-13-15-23-52(50)56)20-19-40-64-65-49-30-27-47-34-37-59(55(47)43-49)36-33-46-25-26-48(42-54(46)59)58(60)63-41-35-45-29-32-57(53-24-16-14-22-51(45)53)62-39-18-12-10-8-6-4-2/h13-16,19-32,35,41-43H,3-12,17-18,33-34,36-40H2,1-2H3. The molecule has 2 aliphatic rings. The first-order valence-electron chi connectivity index (χ1n) is 24.5. The molecule has 0 aliphatic heterocycles. The molecular weight excluding hydrogens is 805 g/mol. The molecule has 1 unspecified atom stereocenters. The molecule has 0 bridgehead atoms. The van der Waals surface area contributed by atoms with E-state index < -0.39 is 0 Å². The smallest absolute Gasteiger partial charge is 0.342 e. The summed E-state index contributed by atoms with van der Waals surface area (Å²) < 4.78 is 18.3. The summed E-state index contributed by atoms with van der Waals surface area (Å²) in [5.41, 5.74) is 7.52. The molecule has 1 atom stereocenters. The van der Waals surface area contributed by atoms with Gasteiger partial charge in [0, 0.05) is 16.2 Å². The summed E-state index contributed by atoms with van der Waals surface area (Å²) in [5.74, 6) is 2.13. The Balaban J connectivity index is 0.868. The minimum atomic E-state index is -0.369. The second-order valence-electron chi connectivity index (χ2n) is 17.9. The summed E-state index contributed by atoms with van der Waals surface area (Å²) in [6.07, 6.45) is 26.2. The van der Waals surface area contributed by atoms with Crippen molar-refractivity contribution in [2.45, 2.75) is 122 Å². The zero-order chi connectivity index (χ0) is 44.7. The maximum atomic E-state index is 13.6. The second-order valence-corrected chi connectivity index (χ2v) is 17.9. The van der Waals surface area contributed by atoms with E-state index in [0.29, 0.717) is 24.5 Å². The van der Waals surface area contributed by atoms with Crippen molar-refractivity contribution < 1.29 is 28.8 Å². The van der Waals surface area contributed by atoms with Crippen molar-refractivity contribution in [3.8, 4) is 17.2 Å². The number of benzene rings is 6. The maximum absolute atomic E-state index is 13.6. The zero-order valence-corrected chi connectivity index (χ0v) is 38.6. The van der Waals surface area contributed by atoms with Gasteiger partial charge in [-0.1, -0.05) is 163 Å². The number of aryl methyl sites for hydroxylation is 2. The summed E-state index contributed by atoms with van der Waals surface area (Å²) in [5, 5.41) is 4.39. The highest BCUT2D eigenvalue weighted by atomic mass is 17.2. The van der Waals surface area contributed by atoms with E-state index in [0.717, 1.165) is 89.3 Å². The molecule has 338 valence electrons. The fourth-order valence-corrected chi connectivity index (χ4v) is 9.96. The molecule has 0 amide bonds. The zero-order valence-electron chi connectivity index (χ0n) is 38.6. The van der Waals surface area contributed by atoms with Gasteiger partial charge in [-0.05, 0) is 125 Å². The highest BCUT2D eigenvalue weighted by Gasteiger charge is 2.45. The van der Waals surface area contributed by atoms with E-state index >= 15 is 0 Å². The Morgan fingerprint density at radius 3 is 1.72 bits per heavy atom. The molecule has 65 heavy (non-hydrogen) atoms. The molecule has 8 rings (SSSR count). The molecule has 0 N–H and O–H groups in total. The number of carbonyl (C=O) groups is 1. The van der Waals surface area contributed by atoms with Crippen LogP contribution in [0.4, 0.5) is 0 Å². The molecule has 0 saturated heterocycles. The van der Waals surface area contributed by atoms with Crippen LogP contribution in [0.5, 0.6) is 17.2 Å². The van der Waals surface area contributed by atoms with Crippen LogP contribution in [-0.2, 0) is 27.9 Å². The number of rotatable bonds is 24. The third-order valence-electron chi connectivity index (χ3n) is 13.5. The average Bonchev–Trinajstić information content (AvgIpc) is 3.91. The minimum Gasteiger partial charge on any atom is -0.493 e. The van der Waals surface area contributed by atoms with Gasteiger partial charge in [-0.3, -0.25) is 0 Å². The average molecular weight is 871 g/mol. The Hall–Kier alpha value is -5.85. The van der Waals surface area contributed by atoms with Gasteiger partial charge in [0.1, 0.15) is 18.1 Å². The van der Waals surface area contributed by atoms with E-state index in [1.165, 1.54) is 92.7 Å². The van der Waals surface area contributed by atoms with Crippen molar-refractivity contribution in [3.63, 3.8) is 0 Å². The molecule has 6 aromatic carbocycles. The molecule has 6 aromatic rings. The topological polar surface area (TPSA) is 63.2 Å². The molecule has 0 heterocycles. The summed E-state index contributed by atoms with van der Waals surface area (Å²) in [7, 11) is 0. The number of hydrogen-bond acceptors (Lipinski definition) is 6. The summed E-state index contributed by atoms with van der Waals surface area (Å²) in [6.45, 7) is 6.24. The predicted molar refractivity (Wildman–Crippen MR) is 266 cm³/mol. The van der Waals surface area contributed by atoms with Crippen molar-refractivity contribution in [1.29, 1.82) is 0 Å². The van der Waals surface area contributed by atoms with Gasteiger partial charge in [0.2, 0.25) is 0 Å². The van der Waals surface area contributed by atoms with Crippen LogP contribution in [0.3, 0.4) is 0 Å². The van der Waals surface area contributed by atoms with Crippen LogP contribution in [0, 0.1) is 0 Å². The number of carbonyl (C=O) groups excluding carboxylic acids is 1. The lowest BCUT2D eigenvalue weighted by Gasteiger charge is -2.27. The Bertz CT molecular complexity index is 2580. The van der Waals surface area contributed by atoms with Crippen LogP contribution < -0.4 is 14.4 Å². The molecule has 0 fully saturated rings. The number of esters is 1. The van der Waals surface area contributed by atoms with Gasteiger partial charge in [-0.25, -0.2) is 4.79 Å². The fraction of sp³-hybridized carbons (Fsp3) is 0.373. The molecule has 0 aromatic heterocycles. The molecule has 6 nitrogen and oxygen atoms in total. The second kappa shape index (κ2) is 22.9. The highest BCUT2D eigenvalue weighted by molar-refractivity contribution is 5.96. The number of fused-ring (bicyclic) bond motifs is 6. The van der Waals surface area contributed by atoms with E-state index in [9.17, 15) is 4.79 Å². The van der Waals surface area contributed by atoms with Crippen molar-refractivity contribution in [2.75, 3.05) is 19.8 Å². The lowest BCUT2D eigenvalue weighted by atomic mass is 9.76.